The van der Waals surface area contributed by atoms with Crippen LogP contribution in [0.2, 0.25) is 0 Å². The van der Waals surface area contributed by atoms with E-state index in [1.54, 1.807) is 0 Å². The van der Waals surface area contributed by atoms with E-state index in [-0.39, 0.29) is 37.3 Å². The van der Waals surface area contributed by atoms with Crippen LogP contribution in [0.15, 0.2) is 0 Å². The molecular formula is C2H12N2O3Zn. The number of carboxylic acid groups (broad SMARTS) is 1. The molecule has 5 nitrogen and oxygen atoms in total. The quantitative estimate of drug-likeness (QED) is 0.469. The van der Waals surface area contributed by atoms with Gasteiger partial charge in [0.1, 0.15) is 0 Å². The molecule has 0 aliphatic rings. The Morgan fingerprint density at radius 3 is 1.38 bits per heavy atom. The largest absolute Gasteiger partial charge is 2.00 e. The minimum absolute atomic E-state index is 0. The van der Waals surface area contributed by atoms with Gasteiger partial charge in [0.25, 0.3) is 5.97 Å². The minimum atomic E-state index is -0.833. The van der Waals surface area contributed by atoms with Crippen LogP contribution in [0.25, 0.3) is 0 Å². The van der Waals surface area contributed by atoms with Crippen LogP contribution in [0.5, 0.6) is 0 Å². The van der Waals surface area contributed by atoms with Gasteiger partial charge in [-0.25, -0.2) is 0 Å². The number of hydrogen-bond donors (Lipinski definition) is 3. The summed E-state index contributed by atoms with van der Waals surface area (Å²) in [4.78, 5) is 9.00. The summed E-state index contributed by atoms with van der Waals surface area (Å²) < 4.78 is 0. The van der Waals surface area contributed by atoms with Crippen molar-refractivity contribution in [1.29, 1.82) is 0 Å². The monoisotopic (exact) mass is 176 g/mol. The van der Waals surface area contributed by atoms with E-state index in [0.29, 0.717) is 0 Å². The molecule has 50 valence electrons. The summed E-state index contributed by atoms with van der Waals surface area (Å²) in [6.07, 6.45) is 0. The molecule has 9 N–H and O–H groups in total. The molecule has 0 saturated heterocycles. The zero-order valence-corrected chi connectivity index (χ0v) is 8.44. The number of hydrogen-bond acceptors (Lipinski definition) is 1. The predicted octanol–water partition coefficient (Wildman–Crippen LogP) is 0.722. The summed E-state index contributed by atoms with van der Waals surface area (Å²) in [6, 6.07) is 0. The fraction of sp³-hybridized carbons (Fsp3) is 0.500. The molecule has 0 saturated carbocycles. The maximum Gasteiger partial charge on any atom is 0.300 e. The van der Waals surface area contributed by atoms with Gasteiger partial charge in [0, 0.05) is 26.4 Å². The number of aliphatic carboxylic acids is 1. The van der Waals surface area contributed by atoms with Crippen LogP contribution < -0.4 is 12.3 Å². The van der Waals surface area contributed by atoms with Gasteiger partial charge in [-0.1, -0.05) is 0 Å². The molecule has 0 amide bonds. The van der Waals surface area contributed by atoms with Crippen LogP contribution >= 0.6 is 0 Å². The van der Waals surface area contributed by atoms with E-state index in [1.165, 1.54) is 0 Å². The second kappa shape index (κ2) is 28.1. The van der Waals surface area contributed by atoms with Crippen molar-refractivity contribution < 1.29 is 34.9 Å². The van der Waals surface area contributed by atoms with Crippen LogP contribution in [-0.2, 0) is 29.7 Å². The summed E-state index contributed by atoms with van der Waals surface area (Å²) >= 11 is 0. The smallest absolute Gasteiger partial charge is 0.300 e. The normalized spacial score (nSPS) is 3.12. The molecule has 0 spiro atoms. The molecular weight excluding hydrogens is 165 g/mol. The van der Waals surface area contributed by atoms with Gasteiger partial charge in [-0.3, -0.25) is 4.79 Å². The first-order chi connectivity index (χ1) is 1.73. The molecule has 0 aliphatic carbocycles. The summed E-state index contributed by atoms with van der Waals surface area (Å²) in [5, 5.41) is 7.42. The first-order valence-electron chi connectivity index (χ1n) is 0.928. The summed E-state index contributed by atoms with van der Waals surface area (Å²) in [7, 11) is 0. The first-order valence-corrected chi connectivity index (χ1v) is 0.928. The van der Waals surface area contributed by atoms with Crippen molar-refractivity contribution in [3.05, 3.63) is 0 Å². The molecule has 0 aromatic rings. The zero-order valence-electron chi connectivity index (χ0n) is 5.47. The van der Waals surface area contributed by atoms with Gasteiger partial charge in [-0.05, 0) is 0 Å². The Balaban J connectivity index is -0.00000000750. The fourth-order valence-corrected chi connectivity index (χ4v) is 0. The molecule has 0 unspecified atom stereocenters. The van der Waals surface area contributed by atoms with Crippen LogP contribution in [-0.4, -0.2) is 11.1 Å². The molecule has 0 aromatic carbocycles. The molecule has 0 aromatic heterocycles. The van der Waals surface area contributed by atoms with E-state index >= 15 is 0 Å². The van der Waals surface area contributed by atoms with Gasteiger partial charge >= 0.3 is 0 Å². The standard InChI is InChI=1S/C2H4O2.2H3N.O.Zn/c1-2(3)4;;;;/h1H3,(H,3,4);2*1H3;;/q;;;-2;/p+2. The molecule has 0 radical (unpaired) electrons. The van der Waals surface area contributed by atoms with E-state index in [9.17, 15) is 0 Å². The maximum absolute atomic E-state index is 9.00. The van der Waals surface area contributed by atoms with Crippen LogP contribution in [0.3, 0.4) is 0 Å². The van der Waals surface area contributed by atoms with Crippen molar-refractivity contribution in [2.24, 2.45) is 0 Å². The minimum Gasteiger partial charge on any atom is -2.00 e. The molecule has 0 heterocycles. The van der Waals surface area contributed by atoms with Gasteiger partial charge in [0.05, 0.1) is 0 Å². The molecule has 0 fully saturated rings. The van der Waals surface area contributed by atoms with E-state index in [0.717, 1.165) is 6.92 Å². The third-order valence-corrected chi connectivity index (χ3v) is 0. The van der Waals surface area contributed by atoms with Crippen molar-refractivity contribution in [2.45, 2.75) is 6.92 Å². The Labute approximate surface area is 60.7 Å². The van der Waals surface area contributed by atoms with E-state index < -0.39 is 5.97 Å². The average molecular weight is 178 g/mol. The third kappa shape index (κ3) is 208000. The Bertz CT molecular complexity index is 38.3. The number of rotatable bonds is 0. The van der Waals surface area contributed by atoms with E-state index in [2.05, 4.69) is 0 Å². The summed E-state index contributed by atoms with van der Waals surface area (Å²) in [6.45, 7) is 1.08. The molecule has 0 rings (SSSR count). The zero-order chi connectivity index (χ0) is 3.58. The van der Waals surface area contributed by atoms with Crippen molar-refractivity contribution in [3.63, 3.8) is 0 Å². The predicted molar refractivity (Wildman–Crippen MR) is 26.0 cm³/mol. The summed E-state index contributed by atoms with van der Waals surface area (Å²) in [5.41, 5.74) is 0. The molecule has 0 bridgehead atoms. The van der Waals surface area contributed by atoms with Crippen molar-refractivity contribution in [2.75, 3.05) is 0 Å². The van der Waals surface area contributed by atoms with Gasteiger partial charge in [0.2, 0.25) is 0 Å². The molecule has 8 heavy (non-hydrogen) atoms. The van der Waals surface area contributed by atoms with Gasteiger partial charge in [-0.15, -0.1) is 0 Å². The Morgan fingerprint density at radius 2 is 1.38 bits per heavy atom. The second-order valence-corrected chi connectivity index (χ2v) is 0.519. The molecule has 0 atom stereocenters. The van der Waals surface area contributed by atoms with Crippen molar-refractivity contribution in [1.82, 2.24) is 12.3 Å². The van der Waals surface area contributed by atoms with Gasteiger partial charge in [-0.2, -0.15) is 0 Å². The van der Waals surface area contributed by atoms with E-state index in [4.69, 9.17) is 9.90 Å². The molecule has 6 heteroatoms. The number of carboxylic acids is 1. The van der Waals surface area contributed by atoms with Crippen molar-refractivity contribution in [3.8, 4) is 0 Å². The SMILES string of the molecule is CC(=O)O.[NH4+].[NH4+].[O-2].[Zn]. The third-order valence-electron chi connectivity index (χ3n) is 0. The van der Waals surface area contributed by atoms with Gasteiger partial charge in [0.15, 0.2) is 0 Å². The molecule has 0 aliphatic heterocycles. The average Bonchev–Trinajstić information content (AvgIpc) is 0.811. The Kier molecular flexibility index (Phi) is 154. The Hall–Kier alpha value is -0.0266. The summed E-state index contributed by atoms with van der Waals surface area (Å²) in [5.74, 6) is -0.833. The fourth-order valence-electron chi connectivity index (χ4n) is 0. The van der Waals surface area contributed by atoms with Crippen LogP contribution in [0.1, 0.15) is 6.92 Å². The topological polar surface area (TPSA) is 139 Å². The number of quaternary nitrogens is 2. The Morgan fingerprint density at radius 1 is 1.38 bits per heavy atom. The van der Waals surface area contributed by atoms with Crippen LogP contribution in [0.4, 0.5) is 0 Å². The van der Waals surface area contributed by atoms with E-state index in [1.807, 2.05) is 0 Å². The maximum atomic E-state index is 9.00. The first kappa shape index (κ1) is 43.9. The number of carbonyl (C=O) groups is 1. The van der Waals surface area contributed by atoms with Gasteiger partial charge < -0.3 is 22.9 Å². The second-order valence-electron chi connectivity index (χ2n) is 0.519. The van der Waals surface area contributed by atoms with Crippen molar-refractivity contribution >= 4 is 5.97 Å². The van der Waals surface area contributed by atoms with Crippen LogP contribution in [0, 0.1) is 0 Å².